The standard InChI is InChI=1S/C43H59ClN2O8Si2/c1-40(2,3)55(9,10)52-29-42(37(54-56(11,12)41(4,5)6)36(44)38(53-42)46-27-26-35(47)45-39(46)48)28-51-43(30-16-14-13-15-17-30,31-18-22-33(49-7)23-19-31)32-20-24-34(50-8)25-21-32/h13-27,36-38H,28-29H2,1-12H3,(H,45,47,48)/t36-,37+,38-,42-/m1/s1. The fourth-order valence-electron chi connectivity index (χ4n) is 6.41. The van der Waals surface area contributed by atoms with E-state index in [2.05, 4.69) is 72.7 Å². The lowest BCUT2D eigenvalue weighted by Gasteiger charge is -2.46. The van der Waals surface area contributed by atoms with Crippen LogP contribution < -0.4 is 20.7 Å². The third-order valence-corrected chi connectivity index (χ3v) is 21.4. The number of hydrogen-bond acceptors (Lipinski definition) is 8. The van der Waals surface area contributed by atoms with E-state index in [9.17, 15) is 9.59 Å². The number of rotatable bonds is 14. The molecule has 4 atom stereocenters. The Labute approximate surface area is 338 Å². The van der Waals surface area contributed by atoms with E-state index in [0.29, 0.717) is 11.5 Å². The van der Waals surface area contributed by atoms with Crippen molar-refractivity contribution in [3.8, 4) is 11.5 Å². The minimum Gasteiger partial charge on any atom is -0.497 e. The number of nitrogens with zero attached hydrogens (tertiary/aromatic N) is 1. The molecule has 56 heavy (non-hydrogen) atoms. The van der Waals surface area contributed by atoms with Crippen molar-refractivity contribution in [2.45, 2.75) is 107 Å². The molecule has 0 radical (unpaired) electrons. The fourth-order valence-corrected chi connectivity index (χ4v) is 9.34. The number of aromatic nitrogens is 2. The first-order valence-electron chi connectivity index (χ1n) is 19.0. The predicted molar refractivity (Wildman–Crippen MR) is 227 cm³/mol. The van der Waals surface area contributed by atoms with Crippen LogP contribution in [0.1, 0.15) is 64.5 Å². The van der Waals surface area contributed by atoms with Crippen LogP contribution in [0.5, 0.6) is 11.5 Å². The van der Waals surface area contributed by atoms with E-state index in [1.54, 1.807) is 14.2 Å². The molecular weight excluding hydrogens is 764 g/mol. The lowest BCUT2D eigenvalue weighted by molar-refractivity contribution is -0.173. The van der Waals surface area contributed by atoms with Gasteiger partial charge in [-0.2, -0.15) is 0 Å². The molecule has 0 spiro atoms. The van der Waals surface area contributed by atoms with Gasteiger partial charge in [0.1, 0.15) is 28.1 Å². The Morgan fingerprint density at radius 1 is 0.732 bits per heavy atom. The Balaban J connectivity index is 1.78. The monoisotopic (exact) mass is 822 g/mol. The van der Waals surface area contributed by atoms with Crippen LogP contribution in [0.15, 0.2) is 101 Å². The number of methoxy groups -OCH3 is 2. The van der Waals surface area contributed by atoms with Crippen LogP contribution in [0.25, 0.3) is 0 Å². The second-order valence-corrected chi connectivity index (χ2v) is 27.7. The van der Waals surface area contributed by atoms with Crippen LogP contribution in [0.2, 0.25) is 36.3 Å². The molecule has 3 aromatic carbocycles. The van der Waals surface area contributed by atoms with E-state index >= 15 is 0 Å². The number of nitrogens with one attached hydrogen (secondary N) is 1. The van der Waals surface area contributed by atoms with Crippen molar-refractivity contribution >= 4 is 28.2 Å². The molecule has 0 saturated carbocycles. The predicted octanol–water partition coefficient (Wildman–Crippen LogP) is 8.85. The minimum absolute atomic E-state index is 0.0638. The Hall–Kier alpha value is -3.50. The van der Waals surface area contributed by atoms with Gasteiger partial charge in [-0.3, -0.25) is 14.3 Å². The van der Waals surface area contributed by atoms with Crippen molar-refractivity contribution in [1.82, 2.24) is 9.55 Å². The van der Waals surface area contributed by atoms with Crippen molar-refractivity contribution in [1.29, 1.82) is 0 Å². The van der Waals surface area contributed by atoms with E-state index < -0.39 is 56.8 Å². The molecule has 1 N–H and O–H groups in total. The topological polar surface area (TPSA) is 110 Å². The number of aromatic amines is 1. The van der Waals surface area contributed by atoms with Crippen molar-refractivity contribution in [3.05, 3.63) is 129 Å². The molecule has 4 aromatic rings. The van der Waals surface area contributed by atoms with Gasteiger partial charge in [-0.25, -0.2) is 4.79 Å². The van der Waals surface area contributed by atoms with Crippen LogP contribution >= 0.6 is 11.6 Å². The SMILES string of the molecule is COc1ccc(C(OC[C@]2(CO[Si](C)(C)C(C)(C)C)O[C@@H](n3ccc(=O)[nH]c3=O)[C@H](Cl)[C@@H]2O[Si](C)(C)C(C)(C)C)(c2ccccc2)c2ccc(OC)cc2)cc1. The van der Waals surface area contributed by atoms with Gasteiger partial charge in [0, 0.05) is 12.3 Å². The summed E-state index contributed by atoms with van der Waals surface area (Å²) in [7, 11) is -1.76. The molecule has 0 aliphatic carbocycles. The quantitative estimate of drug-likeness (QED) is 0.0764. The van der Waals surface area contributed by atoms with Gasteiger partial charge in [-0.1, -0.05) is 96.1 Å². The first kappa shape index (κ1) is 43.6. The van der Waals surface area contributed by atoms with Crippen molar-refractivity contribution < 1.29 is 27.8 Å². The van der Waals surface area contributed by atoms with E-state index in [0.717, 1.165) is 16.7 Å². The average Bonchev–Trinajstić information content (AvgIpc) is 3.40. The Kier molecular flexibility index (Phi) is 12.8. The summed E-state index contributed by atoms with van der Waals surface area (Å²) in [5.41, 5.74) is -1.17. The highest BCUT2D eigenvalue weighted by Crippen LogP contribution is 2.50. The highest BCUT2D eigenvalue weighted by Gasteiger charge is 2.61. The van der Waals surface area contributed by atoms with Gasteiger partial charge in [-0.15, -0.1) is 11.6 Å². The lowest BCUT2D eigenvalue weighted by Crippen LogP contribution is -2.59. The second kappa shape index (κ2) is 16.4. The van der Waals surface area contributed by atoms with Gasteiger partial charge < -0.3 is 27.8 Å². The number of H-pyrrole nitrogens is 1. The largest absolute Gasteiger partial charge is 0.497 e. The summed E-state index contributed by atoms with van der Waals surface area (Å²) in [5, 5.41) is -1.23. The number of benzene rings is 3. The fraction of sp³-hybridized carbons (Fsp3) is 0.488. The summed E-state index contributed by atoms with van der Waals surface area (Å²) in [6.07, 6.45) is -0.423. The zero-order valence-electron chi connectivity index (χ0n) is 34.9. The Morgan fingerprint density at radius 3 is 1.70 bits per heavy atom. The first-order chi connectivity index (χ1) is 26.1. The summed E-state index contributed by atoms with van der Waals surface area (Å²) < 4.78 is 41.6. The molecule has 13 heteroatoms. The van der Waals surface area contributed by atoms with Gasteiger partial charge in [0.15, 0.2) is 22.9 Å². The Bertz CT molecular complexity index is 1990. The highest BCUT2D eigenvalue weighted by molar-refractivity contribution is 6.74. The number of hydrogen-bond donors (Lipinski definition) is 1. The molecule has 0 bridgehead atoms. The zero-order chi connectivity index (χ0) is 41.3. The van der Waals surface area contributed by atoms with E-state index in [4.69, 9.17) is 39.4 Å². The average molecular weight is 824 g/mol. The third kappa shape index (κ3) is 8.67. The maximum atomic E-state index is 13.4. The highest BCUT2D eigenvalue weighted by atomic mass is 35.5. The lowest BCUT2D eigenvalue weighted by atomic mass is 9.79. The first-order valence-corrected chi connectivity index (χ1v) is 25.3. The van der Waals surface area contributed by atoms with Crippen LogP contribution in [-0.4, -0.2) is 70.7 Å². The summed E-state index contributed by atoms with van der Waals surface area (Å²) in [6, 6.07) is 27.0. The van der Waals surface area contributed by atoms with Crippen molar-refractivity contribution in [2.75, 3.05) is 27.4 Å². The van der Waals surface area contributed by atoms with Gasteiger partial charge >= 0.3 is 5.69 Å². The second-order valence-electron chi connectivity index (χ2n) is 17.7. The minimum atomic E-state index is -2.59. The maximum Gasteiger partial charge on any atom is 0.330 e. The van der Waals surface area contributed by atoms with Crippen LogP contribution in [0.3, 0.4) is 0 Å². The molecule has 2 heterocycles. The smallest absolute Gasteiger partial charge is 0.330 e. The van der Waals surface area contributed by atoms with Crippen LogP contribution in [-0.2, 0) is 23.9 Å². The molecular formula is C43H59ClN2O8Si2. The molecule has 1 aliphatic rings. The molecule has 1 fully saturated rings. The maximum absolute atomic E-state index is 13.4. The number of ether oxygens (including phenoxy) is 4. The van der Waals surface area contributed by atoms with Gasteiger partial charge in [-0.05, 0) is 77.2 Å². The zero-order valence-corrected chi connectivity index (χ0v) is 37.7. The van der Waals surface area contributed by atoms with Crippen molar-refractivity contribution in [2.24, 2.45) is 0 Å². The summed E-state index contributed by atoms with van der Waals surface area (Å²) >= 11 is 7.53. The van der Waals surface area contributed by atoms with Gasteiger partial charge in [0.25, 0.3) is 5.56 Å². The normalized spacial score (nSPS) is 20.9. The molecule has 0 amide bonds. The van der Waals surface area contributed by atoms with Gasteiger partial charge in [0.05, 0.1) is 33.5 Å². The van der Waals surface area contributed by atoms with E-state index in [1.807, 2.05) is 78.9 Å². The number of alkyl halides is 1. The van der Waals surface area contributed by atoms with E-state index in [-0.39, 0.29) is 23.3 Å². The summed E-state index contributed by atoms with van der Waals surface area (Å²) in [5.74, 6) is 1.40. The molecule has 1 aromatic heterocycles. The van der Waals surface area contributed by atoms with Crippen LogP contribution in [0.4, 0.5) is 0 Å². The summed E-state index contributed by atoms with van der Waals surface area (Å²) in [6.45, 7) is 21.8. The third-order valence-electron chi connectivity index (χ3n) is 12.0. The summed E-state index contributed by atoms with van der Waals surface area (Å²) in [4.78, 5) is 28.0. The molecule has 0 unspecified atom stereocenters. The number of halogens is 1. The molecule has 1 aliphatic heterocycles. The van der Waals surface area contributed by atoms with Crippen molar-refractivity contribution in [3.63, 3.8) is 0 Å². The molecule has 10 nitrogen and oxygen atoms in total. The van der Waals surface area contributed by atoms with Crippen LogP contribution in [0, 0.1) is 0 Å². The molecule has 304 valence electrons. The van der Waals surface area contributed by atoms with Gasteiger partial charge in [0.2, 0.25) is 0 Å². The molecule has 1 saturated heterocycles. The molecule has 5 rings (SSSR count). The van der Waals surface area contributed by atoms with E-state index in [1.165, 1.54) is 16.8 Å². The Morgan fingerprint density at radius 2 is 1.23 bits per heavy atom.